The molecule has 0 spiro atoms. The van der Waals surface area contributed by atoms with E-state index in [-0.39, 0.29) is 28.8 Å². The van der Waals surface area contributed by atoms with Crippen molar-refractivity contribution in [3.05, 3.63) is 34.9 Å². The van der Waals surface area contributed by atoms with Gasteiger partial charge in [-0.15, -0.1) is 0 Å². The Labute approximate surface area is 119 Å². The molecule has 104 valence electrons. The molecule has 0 unspecified atom stereocenters. The van der Waals surface area contributed by atoms with Gasteiger partial charge in [0.05, 0.1) is 0 Å². The Bertz CT molecular complexity index is 495. The van der Waals surface area contributed by atoms with Crippen LogP contribution in [0.4, 0.5) is 0 Å². The number of hydrogen-bond donors (Lipinski definition) is 2. The topological polar surface area (TPSA) is 55.1 Å². The molecule has 1 amide bonds. The molecule has 0 aliphatic heterocycles. The van der Waals surface area contributed by atoms with Crippen molar-refractivity contribution in [2.45, 2.75) is 39.8 Å². The molecule has 0 radical (unpaired) electrons. The summed E-state index contributed by atoms with van der Waals surface area (Å²) in [4.78, 5) is 12.3. The van der Waals surface area contributed by atoms with Crippen LogP contribution in [0.2, 0.25) is 5.02 Å². The Morgan fingerprint density at radius 2 is 1.84 bits per heavy atom. The van der Waals surface area contributed by atoms with Crippen molar-refractivity contribution in [3.8, 4) is 0 Å². The van der Waals surface area contributed by atoms with Gasteiger partial charge in [-0.2, -0.15) is 0 Å². The van der Waals surface area contributed by atoms with Crippen LogP contribution in [0, 0.1) is 10.8 Å². The predicted molar refractivity (Wildman–Crippen MR) is 78.2 cm³/mol. The average molecular weight is 281 g/mol. The number of benzene rings is 1. The van der Waals surface area contributed by atoms with E-state index in [2.05, 4.69) is 33.0 Å². The fourth-order valence-corrected chi connectivity index (χ4v) is 3.59. The Morgan fingerprint density at radius 3 is 2.37 bits per heavy atom. The summed E-state index contributed by atoms with van der Waals surface area (Å²) < 4.78 is 0. The standard InChI is InChI=1S/C15H21ClN2O/c1-14(2)12(17)15(3,4)13(14)18-11(19)9-6-5-7-10(16)8-9/h5-8,12-13H,17H2,1-4H3,(H,18,19). The maximum atomic E-state index is 12.3. The first-order valence-electron chi connectivity index (χ1n) is 6.49. The lowest BCUT2D eigenvalue weighted by molar-refractivity contribution is -0.0663. The molecule has 0 heterocycles. The minimum absolute atomic E-state index is 0.0569. The third-order valence-corrected chi connectivity index (χ3v) is 4.69. The molecule has 19 heavy (non-hydrogen) atoms. The van der Waals surface area contributed by atoms with E-state index >= 15 is 0 Å². The zero-order valence-electron chi connectivity index (χ0n) is 11.8. The number of carbonyl (C=O) groups is 1. The lowest BCUT2D eigenvalue weighted by Gasteiger charge is -2.62. The first kappa shape index (κ1) is 14.4. The number of hydrogen-bond acceptors (Lipinski definition) is 2. The maximum absolute atomic E-state index is 12.3. The Hall–Kier alpha value is -1.06. The molecular weight excluding hydrogens is 260 g/mol. The second-order valence-electron chi connectivity index (χ2n) is 6.54. The van der Waals surface area contributed by atoms with Gasteiger partial charge in [0.15, 0.2) is 0 Å². The van der Waals surface area contributed by atoms with E-state index < -0.39 is 0 Å². The van der Waals surface area contributed by atoms with E-state index in [1.807, 2.05) is 0 Å². The highest BCUT2D eigenvalue weighted by Gasteiger charge is 2.60. The second kappa shape index (κ2) is 4.50. The number of nitrogens with one attached hydrogen (secondary N) is 1. The van der Waals surface area contributed by atoms with Crippen molar-refractivity contribution in [2.75, 3.05) is 0 Å². The van der Waals surface area contributed by atoms with E-state index in [0.29, 0.717) is 10.6 Å². The average Bonchev–Trinajstić information content (AvgIpc) is 2.34. The van der Waals surface area contributed by atoms with Gasteiger partial charge in [0, 0.05) is 33.5 Å². The molecule has 0 bridgehead atoms. The molecular formula is C15H21ClN2O. The van der Waals surface area contributed by atoms with Gasteiger partial charge in [-0.1, -0.05) is 45.4 Å². The minimum atomic E-state index is -0.0995. The highest BCUT2D eigenvalue weighted by Crippen LogP contribution is 2.52. The van der Waals surface area contributed by atoms with E-state index in [1.165, 1.54) is 0 Å². The molecule has 1 aromatic carbocycles. The molecule has 0 atom stereocenters. The molecule has 1 aliphatic carbocycles. The summed E-state index contributed by atoms with van der Waals surface area (Å²) >= 11 is 5.91. The fourth-order valence-electron chi connectivity index (χ4n) is 3.40. The van der Waals surface area contributed by atoms with Crippen LogP contribution >= 0.6 is 11.6 Å². The van der Waals surface area contributed by atoms with E-state index in [9.17, 15) is 4.79 Å². The lowest BCUT2D eigenvalue weighted by atomic mass is 9.48. The Morgan fingerprint density at radius 1 is 1.26 bits per heavy atom. The molecule has 3 N–H and O–H groups in total. The van der Waals surface area contributed by atoms with Crippen LogP contribution in [0.5, 0.6) is 0 Å². The predicted octanol–water partition coefficient (Wildman–Crippen LogP) is 2.83. The summed E-state index contributed by atoms with van der Waals surface area (Å²) in [5.74, 6) is -0.0967. The van der Waals surface area contributed by atoms with Crippen molar-refractivity contribution >= 4 is 17.5 Å². The van der Waals surface area contributed by atoms with Gasteiger partial charge < -0.3 is 11.1 Å². The summed E-state index contributed by atoms with van der Waals surface area (Å²) in [6.45, 7) is 8.36. The van der Waals surface area contributed by atoms with Crippen molar-refractivity contribution in [2.24, 2.45) is 16.6 Å². The number of halogens is 1. The summed E-state index contributed by atoms with van der Waals surface area (Å²) in [6.07, 6.45) is 0. The number of carbonyl (C=O) groups excluding carboxylic acids is 1. The minimum Gasteiger partial charge on any atom is -0.348 e. The van der Waals surface area contributed by atoms with E-state index in [1.54, 1.807) is 24.3 Å². The van der Waals surface area contributed by atoms with Gasteiger partial charge in [0.1, 0.15) is 0 Å². The van der Waals surface area contributed by atoms with E-state index in [4.69, 9.17) is 17.3 Å². The van der Waals surface area contributed by atoms with Gasteiger partial charge in [-0.05, 0) is 18.2 Å². The van der Waals surface area contributed by atoms with Crippen molar-refractivity contribution in [3.63, 3.8) is 0 Å². The largest absolute Gasteiger partial charge is 0.348 e. The van der Waals surface area contributed by atoms with Gasteiger partial charge >= 0.3 is 0 Å². The van der Waals surface area contributed by atoms with Crippen LogP contribution in [0.15, 0.2) is 24.3 Å². The van der Waals surface area contributed by atoms with Crippen LogP contribution in [0.1, 0.15) is 38.1 Å². The highest BCUT2D eigenvalue weighted by molar-refractivity contribution is 6.30. The molecule has 0 aromatic heterocycles. The summed E-state index contributed by atoms with van der Waals surface area (Å²) in [5, 5.41) is 3.66. The SMILES string of the molecule is CC1(C)C(N)C(C)(C)C1NC(=O)c1cccc(Cl)c1. The second-order valence-corrected chi connectivity index (χ2v) is 6.97. The monoisotopic (exact) mass is 280 g/mol. The zero-order valence-corrected chi connectivity index (χ0v) is 12.6. The third kappa shape index (κ3) is 2.26. The van der Waals surface area contributed by atoms with Gasteiger partial charge in [-0.3, -0.25) is 4.79 Å². The van der Waals surface area contributed by atoms with Crippen molar-refractivity contribution in [1.82, 2.24) is 5.32 Å². The van der Waals surface area contributed by atoms with Crippen molar-refractivity contribution in [1.29, 1.82) is 0 Å². The normalized spacial score (nSPS) is 27.5. The van der Waals surface area contributed by atoms with Crippen LogP contribution < -0.4 is 11.1 Å². The van der Waals surface area contributed by atoms with E-state index in [0.717, 1.165) is 0 Å². The molecule has 3 nitrogen and oxygen atoms in total. The van der Waals surface area contributed by atoms with Crippen LogP contribution in [0.3, 0.4) is 0 Å². The van der Waals surface area contributed by atoms with Gasteiger partial charge in [-0.25, -0.2) is 0 Å². The Kier molecular flexibility index (Phi) is 3.40. The Balaban J connectivity index is 2.16. The first-order chi connectivity index (χ1) is 8.67. The smallest absolute Gasteiger partial charge is 0.251 e. The molecule has 4 heteroatoms. The quantitative estimate of drug-likeness (QED) is 0.875. The van der Waals surface area contributed by atoms with Crippen LogP contribution in [-0.4, -0.2) is 18.0 Å². The number of nitrogens with two attached hydrogens (primary N) is 1. The van der Waals surface area contributed by atoms with Gasteiger partial charge in [0.2, 0.25) is 0 Å². The summed E-state index contributed by atoms with van der Waals surface area (Å²) in [7, 11) is 0. The highest BCUT2D eigenvalue weighted by atomic mass is 35.5. The lowest BCUT2D eigenvalue weighted by Crippen LogP contribution is -2.76. The zero-order chi connectivity index (χ0) is 14.4. The molecule has 1 aliphatic rings. The molecule has 1 saturated carbocycles. The van der Waals surface area contributed by atoms with Gasteiger partial charge in [0.25, 0.3) is 5.91 Å². The fraction of sp³-hybridized carbons (Fsp3) is 0.533. The van der Waals surface area contributed by atoms with Crippen LogP contribution in [-0.2, 0) is 0 Å². The first-order valence-corrected chi connectivity index (χ1v) is 6.87. The summed E-state index contributed by atoms with van der Waals surface area (Å²) in [5.41, 5.74) is 6.57. The number of rotatable bonds is 2. The molecule has 0 saturated heterocycles. The van der Waals surface area contributed by atoms with Crippen molar-refractivity contribution < 1.29 is 4.79 Å². The molecule has 2 rings (SSSR count). The summed E-state index contributed by atoms with van der Waals surface area (Å²) in [6, 6.07) is 7.10. The van der Waals surface area contributed by atoms with Crippen LogP contribution in [0.25, 0.3) is 0 Å². The molecule has 1 fully saturated rings. The number of amides is 1. The third-order valence-electron chi connectivity index (χ3n) is 4.45. The maximum Gasteiger partial charge on any atom is 0.251 e. The molecule has 1 aromatic rings.